The van der Waals surface area contributed by atoms with E-state index in [9.17, 15) is 9.59 Å². The molecule has 0 radical (unpaired) electrons. The predicted molar refractivity (Wildman–Crippen MR) is 120 cm³/mol. The van der Waals surface area contributed by atoms with Crippen molar-refractivity contribution in [3.8, 4) is 17.2 Å². The van der Waals surface area contributed by atoms with Gasteiger partial charge in [0, 0.05) is 10.0 Å². The Kier molecular flexibility index (Phi) is 7.40. The molecule has 8 heteroatoms. The first-order valence-corrected chi connectivity index (χ1v) is 9.93. The number of esters is 1. The maximum absolute atomic E-state index is 12.5. The number of methoxy groups -OCH3 is 2. The van der Waals surface area contributed by atoms with Crippen LogP contribution in [0.2, 0.25) is 0 Å². The molecular formula is C23H19BrN2O5. The third-order valence-corrected chi connectivity index (χ3v) is 4.71. The molecule has 0 aliphatic heterocycles. The summed E-state index contributed by atoms with van der Waals surface area (Å²) in [5.41, 5.74) is 3.67. The van der Waals surface area contributed by atoms with Crippen molar-refractivity contribution in [2.45, 2.75) is 0 Å². The van der Waals surface area contributed by atoms with Crippen LogP contribution in [-0.2, 0) is 0 Å². The van der Waals surface area contributed by atoms with Crippen LogP contribution in [0.5, 0.6) is 17.2 Å². The molecule has 0 heterocycles. The first kappa shape index (κ1) is 22.0. The van der Waals surface area contributed by atoms with Crippen LogP contribution in [0.4, 0.5) is 0 Å². The molecule has 0 saturated carbocycles. The molecule has 3 aromatic rings. The molecule has 31 heavy (non-hydrogen) atoms. The van der Waals surface area contributed by atoms with E-state index in [1.165, 1.54) is 13.3 Å². The summed E-state index contributed by atoms with van der Waals surface area (Å²) < 4.78 is 16.5. The van der Waals surface area contributed by atoms with E-state index in [1.807, 2.05) is 0 Å². The highest BCUT2D eigenvalue weighted by atomic mass is 79.9. The maximum Gasteiger partial charge on any atom is 0.343 e. The molecule has 0 bridgehead atoms. The van der Waals surface area contributed by atoms with E-state index in [2.05, 4.69) is 26.5 Å². The Morgan fingerprint density at radius 1 is 0.935 bits per heavy atom. The van der Waals surface area contributed by atoms with Crippen LogP contribution in [0.1, 0.15) is 26.3 Å². The number of amides is 1. The smallest absolute Gasteiger partial charge is 0.343 e. The highest BCUT2D eigenvalue weighted by Crippen LogP contribution is 2.23. The third kappa shape index (κ3) is 5.70. The largest absolute Gasteiger partial charge is 0.497 e. The standard InChI is InChI=1S/C23H19BrN2O5/c1-29-18-10-7-15(8-11-18)23(28)31-20-12-9-17(24)13-16(20)14-25-26-22(27)19-5-3-4-6-21(19)30-2/h3-14H,1-2H3,(H,26,27)/b25-14-. The zero-order valence-electron chi connectivity index (χ0n) is 16.8. The van der Waals surface area contributed by atoms with Crippen LogP contribution in [0.25, 0.3) is 0 Å². The molecule has 0 unspecified atom stereocenters. The number of carbonyl (C=O) groups excluding carboxylic acids is 2. The molecule has 3 rings (SSSR count). The number of carbonyl (C=O) groups is 2. The van der Waals surface area contributed by atoms with Crippen LogP contribution in [-0.4, -0.2) is 32.3 Å². The quantitative estimate of drug-likeness (QED) is 0.232. The highest BCUT2D eigenvalue weighted by Gasteiger charge is 2.13. The van der Waals surface area contributed by atoms with Gasteiger partial charge in [-0.3, -0.25) is 4.79 Å². The van der Waals surface area contributed by atoms with Crippen molar-refractivity contribution >= 4 is 34.0 Å². The molecule has 158 valence electrons. The van der Waals surface area contributed by atoms with Gasteiger partial charge in [0.25, 0.3) is 5.91 Å². The summed E-state index contributed by atoms with van der Waals surface area (Å²) in [4.78, 5) is 24.9. The second kappa shape index (κ2) is 10.4. The van der Waals surface area contributed by atoms with Crippen molar-refractivity contribution in [2.24, 2.45) is 5.10 Å². The number of benzene rings is 3. The number of rotatable bonds is 7. The molecule has 0 spiro atoms. The number of nitrogens with zero attached hydrogens (tertiary/aromatic N) is 1. The molecular weight excluding hydrogens is 464 g/mol. The molecule has 0 saturated heterocycles. The van der Waals surface area contributed by atoms with Gasteiger partial charge in [0.2, 0.25) is 0 Å². The maximum atomic E-state index is 12.5. The van der Waals surface area contributed by atoms with E-state index < -0.39 is 11.9 Å². The fourth-order valence-corrected chi connectivity index (χ4v) is 3.03. The number of hydrogen-bond donors (Lipinski definition) is 1. The van der Waals surface area contributed by atoms with E-state index in [0.717, 1.165) is 4.47 Å². The number of para-hydroxylation sites is 1. The topological polar surface area (TPSA) is 86.2 Å². The van der Waals surface area contributed by atoms with Gasteiger partial charge >= 0.3 is 5.97 Å². The lowest BCUT2D eigenvalue weighted by Crippen LogP contribution is -2.18. The molecule has 7 nitrogen and oxygen atoms in total. The molecule has 0 atom stereocenters. The van der Waals surface area contributed by atoms with Gasteiger partial charge in [-0.05, 0) is 54.6 Å². The van der Waals surface area contributed by atoms with Crippen molar-refractivity contribution < 1.29 is 23.8 Å². The lowest BCUT2D eigenvalue weighted by molar-refractivity contribution is 0.0734. The summed E-state index contributed by atoms with van der Waals surface area (Å²) in [6, 6.07) is 18.5. The summed E-state index contributed by atoms with van der Waals surface area (Å²) in [6.45, 7) is 0. The van der Waals surface area contributed by atoms with E-state index in [1.54, 1.807) is 73.8 Å². The molecule has 0 aliphatic rings. The van der Waals surface area contributed by atoms with Gasteiger partial charge in [0.15, 0.2) is 0 Å². The van der Waals surface area contributed by atoms with Crippen molar-refractivity contribution in [1.82, 2.24) is 5.43 Å². The first-order valence-electron chi connectivity index (χ1n) is 9.14. The second-order valence-electron chi connectivity index (χ2n) is 6.20. The molecule has 0 aliphatic carbocycles. The number of hydrogen-bond acceptors (Lipinski definition) is 6. The molecule has 1 amide bonds. The lowest BCUT2D eigenvalue weighted by Gasteiger charge is -2.09. The van der Waals surface area contributed by atoms with Crippen LogP contribution >= 0.6 is 15.9 Å². The Bertz CT molecular complexity index is 1110. The minimum absolute atomic E-state index is 0.291. The van der Waals surface area contributed by atoms with Crippen LogP contribution in [0.15, 0.2) is 76.3 Å². The van der Waals surface area contributed by atoms with Crippen molar-refractivity contribution in [3.05, 3.63) is 87.9 Å². The van der Waals surface area contributed by atoms with Crippen LogP contribution in [0.3, 0.4) is 0 Å². The minimum Gasteiger partial charge on any atom is -0.497 e. The zero-order valence-corrected chi connectivity index (χ0v) is 18.4. The van der Waals surface area contributed by atoms with Crippen molar-refractivity contribution in [3.63, 3.8) is 0 Å². The fraction of sp³-hybridized carbons (Fsp3) is 0.0870. The van der Waals surface area contributed by atoms with Crippen LogP contribution < -0.4 is 19.6 Å². The average Bonchev–Trinajstić information content (AvgIpc) is 2.80. The lowest BCUT2D eigenvalue weighted by atomic mass is 10.2. The minimum atomic E-state index is -0.530. The molecule has 0 aromatic heterocycles. The van der Waals surface area contributed by atoms with Gasteiger partial charge in [-0.1, -0.05) is 28.1 Å². The summed E-state index contributed by atoms with van der Waals surface area (Å²) in [6.07, 6.45) is 1.40. The average molecular weight is 483 g/mol. The monoisotopic (exact) mass is 482 g/mol. The SMILES string of the molecule is COc1ccc(C(=O)Oc2ccc(Br)cc2/C=N\NC(=O)c2ccccc2OC)cc1. The third-order valence-electron chi connectivity index (χ3n) is 4.22. The summed E-state index contributed by atoms with van der Waals surface area (Å²) >= 11 is 3.38. The highest BCUT2D eigenvalue weighted by molar-refractivity contribution is 9.10. The van der Waals surface area contributed by atoms with Gasteiger partial charge in [-0.15, -0.1) is 0 Å². The molecule has 3 aromatic carbocycles. The van der Waals surface area contributed by atoms with Crippen molar-refractivity contribution in [2.75, 3.05) is 14.2 Å². The fourth-order valence-electron chi connectivity index (χ4n) is 2.65. The number of ether oxygens (including phenoxy) is 3. The van der Waals surface area contributed by atoms with E-state index in [0.29, 0.717) is 33.9 Å². The Hall–Kier alpha value is -3.65. The normalized spacial score (nSPS) is 10.5. The number of halogens is 1. The second-order valence-corrected chi connectivity index (χ2v) is 7.12. The summed E-state index contributed by atoms with van der Waals surface area (Å²) in [7, 11) is 3.04. The molecule has 0 fully saturated rings. The number of nitrogens with one attached hydrogen (secondary N) is 1. The molecule has 1 N–H and O–H groups in total. The van der Waals surface area contributed by atoms with Crippen molar-refractivity contribution in [1.29, 1.82) is 0 Å². The Morgan fingerprint density at radius 2 is 1.68 bits per heavy atom. The summed E-state index contributed by atoms with van der Waals surface area (Å²) in [5.74, 6) is 0.406. The van der Waals surface area contributed by atoms with Gasteiger partial charge in [-0.2, -0.15) is 5.10 Å². The first-order chi connectivity index (χ1) is 15.0. The van der Waals surface area contributed by atoms with E-state index >= 15 is 0 Å². The van der Waals surface area contributed by atoms with Gasteiger partial charge < -0.3 is 14.2 Å². The van der Waals surface area contributed by atoms with E-state index in [-0.39, 0.29) is 0 Å². The summed E-state index contributed by atoms with van der Waals surface area (Å²) in [5, 5.41) is 3.99. The van der Waals surface area contributed by atoms with Gasteiger partial charge in [0.1, 0.15) is 17.2 Å². The number of hydrazone groups is 1. The van der Waals surface area contributed by atoms with E-state index in [4.69, 9.17) is 14.2 Å². The van der Waals surface area contributed by atoms with Gasteiger partial charge in [0.05, 0.1) is 31.6 Å². The van der Waals surface area contributed by atoms with Gasteiger partial charge in [-0.25, -0.2) is 10.2 Å². The predicted octanol–water partition coefficient (Wildman–Crippen LogP) is 4.45. The zero-order chi connectivity index (χ0) is 22.2. The Labute approximate surface area is 187 Å². The van der Waals surface area contributed by atoms with Crippen LogP contribution in [0, 0.1) is 0 Å². The Balaban J connectivity index is 1.74. The Morgan fingerprint density at radius 3 is 2.39 bits per heavy atom.